The zero-order chi connectivity index (χ0) is 23.2. The first-order valence-corrected chi connectivity index (χ1v) is 10.1. The van der Waals surface area contributed by atoms with Crippen LogP contribution >= 0.6 is 23.2 Å². The topological polar surface area (TPSA) is 76.0 Å². The molecule has 3 aromatic rings. The standard InChI is InChI=1S/C21H15Cl2F3N4O2/c1-10-18(11-3-2-4-12(22)7-11)19-28-20(32)16(30(19)29-10)9-17(31)27-13-5-6-15(23)14(8-13)21(24,25)26/h2-8,16H,9H2,1H3,(H,27,31)(H,28,32). The van der Waals surface area contributed by atoms with Crippen molar-refractivity contribution >= 4 is 46.5 Å². The van der Waals surface area contributed by atoms with E-state index in [2.05, 4.69) is 15.7 Å². The van der Waals surface area contributed by atoms with Gasteiger partial charge in [0.05, 0.1) is 22.7 Å². The lowest BCUT2D eigenvalue weighted by molar-refractivity contribution is -0.137. The Morgan fingerprint density at radius 2 is 1.97 bits per heavy atom. The predicted molar refractivity (Wildman–Crippen MR) is 115 cm³/mol. The average Bonchev–Trinajstić information content (AvgIpc) is 3.16. The lowest BCUT2D eigenvalue weighted by atomic mass is 10.1. The molecule has 11 heteroatoms. The molecule has 2 N–H and O–H groups in total. The smallest absolute Gasteiger partial charge is 0.326 e. The molecule has 4 rings (SSSR count). The summed E-state index contributed by atoms with van der Waals surface area (Å²) in [4.78, 5) is 25.0. The number of carbonyl (C=O) groups is 2. The van der Waals surface area contributed by atoms with Crippen LogP contribution in [0, 0.1) is 6.92 Å². The van der Waals surface area contributed by atoms with Crippen molar-refractivity contribution in [2.75, 3.05) is 10.6 Å². The number of fused-ring (bicyclic) bond motifs is 1. The number of anilines is 2. The van der Waals surface area contributed by atoms with Crippen LogP contribution in [0.4, 0.5) is 24.7 Å². The fraction of sp³-hybridized carbons (Fsp3) is 0.190. The van der Waals surface area contributed by atoms with E-state index >= 15 is 0 Å². The van der Waals surface area contributed by atoms with Crippen LogP contribution in [0.1, 0.15) is 23.7 Å². The highest BCUT2D eigenvalue weighted by Gasteiger charge is 2.37. The van der Waals surface area contributed by atoms with E-state index in [1.807, 2.05) is 6.07 Å². The lowest BCUT2D eigenvalue weighted by Crippen LogP contribution is -2.24. The van der Waals surface area contributed by atoms with Gasteiger partial charge in [-0.3, -0.25) is 9.59 Å². The van der Waals surface area contributed by atoms with Gasteiger partial charge in [0.25, 0.3) is 5.91 Å². The Hall–Kier alpha value is -3.04. The fourth-order valence-corrected chi connectivity index (χ4v) is 4.00. The molecule has 0 aliphatic carbocycles. The summed E-state index contributed by atoms with van der Waals surface area (Å²) in [5.74, 6) is -0.665. The number of aryl methyl sites for hydroxylation is 1. The second-order valence-electron chi connectivity index (χ2n) is 7.21. The minimum atomic E-state index is -4.67. The summed E-state index contributed by atoms with van der Waals surface area (Å²) in [5, 5.41) is 9.55. The van der Waals surface area contributed by atoms with E-state index in [-0.39, 0.29) is 12.1 Å². The fourth-order valence-electron chi connectivity index (χ4n) is 3.58. The zero-order valence-corrected chi connectivity index (χ0v) is 17.9. The van der Waals surface area contributed by atoms with E-state index in [9.17, 15) is 22.8 Å². The van der Waals surface area contributed by atoms with Crippen molar-refractivity contribution in [2.45, 2.75) is 25.6 Å². The molecule has 0 saturated carbocycles. The maximum absolute atomic E-state index is 13.0. The van der Waals surface area contributed by atoms with Crippen LogP contribution in [0.5, 0.6) is 0 Å². The summed E-state index contributed by atoms with van der Waals surface area (Å²) in [6.07, 6.45) is -4.99. The second-order valence-corrected chi connectivity index (χ2v) is 8.06. The van der Waals surface area contributed by atoms with Crippen LogP contribution in [0.2, 0.25) is 10.0 Å². The van der Waals surface area contributed by atoms with Crippen molar-refractivity contribution in [2.24, 2.45) is 0 Å². The van der Waals surface area contributed by atoms with Crippen molar-refractivity contribution < 1.29 is 22.8 Å². The zero-order valence-electron chi connectivity index (χ0n) is 16.4. The van der Waals surface area contributed by atoms with E-state index in [0.717, 1.165) is 17.7 Å². The number of rotatable bonds is 4. The number of nitrogens with zero attached hydrogens (tertiary/aromatic N) is 2. The van der Waals surface area contributed by atoms with Crippen LogP contribution in [-0.4, -0.2) is 21.6 Å². The molecule has 6 nitrogen and oxygen atoms in total. The summed E-state index contributed by atoms with van der Waals surface area (Å²) in [7, 11) is 0. The number of halogens is 5. The predicted octanol–water partition coefficient (Wildman–Crippen LogP) is 5.71. The van der Waals surface area contributed by atoms with Crippen molar-refractivity contribution in [3.63, 3.8) is 0 Å². The van der Waals surface area contributed by atoms with E-state index in [1.54, 1.807) is 25.1 Å². The second kappa shape index (κ2) is 8.14. The Morgan fingerprint density at radius 1 is 1.22 bits per heavy atom. The van der Waals surface area contributed by atoms with Crippen molar-refractivity contribution in [1.29, 1.82) is 0 Å². The summed E-state index contributed by atoms with van der Waals surface area (Å²) in [6.45, 7) is 1.76. The number of nitrogens with one attached hydrogen (secondary N) is 2. The highest BCUT2D eigenvalue weighted by Crippen LogP contribution is 2.39. The molecule has 0 radical (unpaired) electrons. The van der Waals surface area contributed by atoms with Crippen molar-refractivity contribution in [3.05, 3.63) is 63.8 Å². The normalized spacial score (nSPS) is 15.4. The lowest BCUT2D eigenvalue weighted by Gasteiger charge is -2.13. The maximum atomic E-state index is 13.0. The van der Waals surface area contributed by atoms with Crippen LogP contribution in [0.15, 0.2) is 42.5 Å². The van der Waals surface area contributed by atoms with E-state index in [0.29, 0.717) is 22.1 Å². The number of benzene rings is 2. The van der Waals surface area contributed by atoms with Gasteiger partial charge in [-0.15, -0.1) is 0 Å². The molecule has 1 atom stereocenters. The van der Waals surface area contributed by atoms with Crippen LogP contribution in [0.3, 0.4) is 0 Å². The van der Waals surface area contributed by atoms with Crippen LogP contribution in [-0.2, 0) is 15.8 Å². The minimum Gasteiger partial charge on any atom is -0.326 e. The molecule has 2 aromatic carbocycles. The quantitative estimate of drug-likeness (QED) is 0.500. The Balaban J connectivity index is 1.57. The van der Waals surface area contributed by atoms with Gasteiger partial charge in [0, 0.05) is 16.3 Å². The van der Waals surface area contributed by atoms with E-state index < -0.39 is 34.6 Å². The van der Waals surface area contributed by atoms with Gasteiger partial charge in [-0.25, -0.2) is 4.68 Å². The first kappa shape index (κ1) is 22.2. The third kappa shape index (κ3) is 4.18. The number of aromatic nitrogens is 2. The van der Waals surface area contributed by atoms with Gasteiger partial charge in [0.15, 0.2) is 0 Å². The molecule has 0 saturated heterocycles. The molecular weight excluding hydrogens is 468 g/mol. The van der Waals surface area contributed by atoms with Gasteiger partial charge in [0.2, 0.25) is 5.91 Å². The molecule has 2 heterocycles. The molecule has 32 heavy (non-hydrogen) atoms. The number of hydrogen-bond acceptors (Lipinski definition) is 3. The minimum absolute atomic E-state index is 0.0818. The Kier molecular flexibility index (Phi) is 5.64. The summed E-state index contributed by atoms with van der Waals surface area (Å²) >= 11 is 11.7. The Bertz CT molecular complexity index is 1240. The number of carbonyl (C=O) groups excluding carboxylic acids is 2. The van der Waals surface area contributed by atoms with Gasteiger partial charge >= 0.3 is 6.18 Å². The molecular formula is C21H15Cl2F3N4O2. The van der Waals surface area contributed by atoms with Gasteiger partial charge in [-0.2, -0.15) is 18.3 Å². The number of amides is 2. The number of hydrogen-bond donors (Lipinski definition) is 2. The number of alkyl halides is 3. The van der Waals surface area contributed by atoms with Gasteiger partial charge in [-0.1, -0.05) is 35.3 Å². The first-order chi connectivity index (χ1) is 15.0. The Morgan fingerprint density at radius 3 is 2.66 bits per heavy atom. The third-order valence-electron chi connectivity index (χ3n) is 4.97. The summed E-state index contributed by atoms with van der Waals surface area (Å²) in [5.41, 5.74) is 0.910. The van der Waals surface area contributed by atoms with E-state index in [1.165, 1.54) is 10.7 Å². The summed E-state index contributed by atoms with van der Waals surface area (Å²) < 4.78 is 40.5. The molecule has 1 aromatic heterocycles. The van der Waals surface area contributed by atoms with Crippen LogP contribution in [0.25, 0.3) is 11.1 Å². The van der Waals surface area contributed by atoms with Gasteiger partial charge in [0.1, 0.15) is 11.9 Å². The summed E-state index contributed by atoms with van der Waals surface area (Å²) in [6, 6.07) is 9.14. The van der Waals surface area contributed by atoms with Crippen LogP contribution < -0.4 is 10.6 Å². The molecule has 166 valence electrons. The highest BCUT2D eigenvalue weighted by atomic mass is 35.5. The van der Waals surface area contributed by atoms with Crippen molar-refractivity contribution in [3.8, 4) is 11.1 Å². The molecule has 1 aliphatic rings. The average molecular weight is 483 g/mol. The first-order valence-electron chi connectivity index (χ1n) is 9.37. The largest absolute Gasteiger partial charge is 0.417 e. The molecule has 1 aliphatic heterocycles. The molecule has 2 amide bonds. The van der Waals surface area contributed by atoms with Gasteiger partial charge < -0.3 is 10.6 Å². The molecule has 0 spiro atoms. The SMILES string of the molecule is Cc1nn2c(c1-c1cccc(Cl)c1)NC(=O)C2CC(=O)Nc1ccc(Cl)c(C(F)(F)F)c1. The van der Waals surface area contributed by atoms with Gasteiger partial charge in [-0.05, 0) is 42.8 Å². The Labute approximate surface area is 190 Å². The molecule has 0 fully saturated rings. The molecule has 1 unspecified atom stereocenters. The maximum Gasteiger partial charge on any atom is 0.417 e. The van der Waals surface area contributed by atoms with E-state index in [4.69, 9.17) is 23.2 Å². The highest BCUT2D eigenvalue weighted by molar-refractivity contribution is 6.31. The monoisotopic (exact) mass is 482 g/mol. The molecule has 0 bridgehead atoms. The van der Waals surface area contributed by atoms with Crippen molar-refractivity contribution in [1.82, 2.24) is 9.78 Å². The third-order valence-corrected chi connectivity index (χ3v) is 5.54.